The molecule has 0 radical (unpaired) electrons. The number of rotatable bonds is 7. The predicted molar refractivity (Wildman–Crippen MR) is 93.4 cm³/mol. The van der Waals surface area contributed by atoms with Gasteiger partial charge in [-0.05, 0) is 77.2 Å². The highest BCUT2D eigenvalue weighted by atomic mass is 16.3. The van der Waals surface area contributed by atoms with Gasteiger partial charge in [-0.25, -0.2) is 0 Å². The summed E-state index contributed by atoms with van der Waals surface area (Å²) in [5, 5.41) is 10.5. The molecule has 0 saturated carbocycles. The number of aliphatic hydroxyl groups is 1. The van der Waals surface area contributed by atoms with E-state index in [4.69, 9.17) is 0 Å². The van der Waals surface area contributed by atoms with Crippen molar-refractivity contribution in [2.75, 3.05) is 0 Å². The SMILES string of the molecule is CCC=C(C)C=CCC(C)CCC1=C(C)CCCC1(C)O. The number of hydrogen-bond donors (Lipinski definition) is 1. The first-order valence-corrected chi connectivity index (χ1v) is 8.61. The fourth-order valence-electron chi connectivity index (χ4n) is 3.33. The van der Waals surface area contributed by atoms with Gasteiger partial charge in [-0.15, -0.1) is 0 Å². The summed E-state index contributed by atoms with van der Waals surface area (Å²) >= 11 is 0. The monoisotopic (exact) mass is 290 g/mol. The van der Waals surface area contributed by atoms with Crippen LogP contribution in [0.2, 0.25) is 0 Å². The number of allylic oxidation sites excluding steroid dienone is 5. The Hall–Kier alpha value is -0.820. The molecule has 1 heteroatoms. The second-order valence-electron chi connectivity index (χ2n) is 7.02. The van der Waals surface area contributed by atoms with Crippen molar-refractivity contribution < 1.29 is 5.11 Å². The summed E-state index contributed by atoms with van der Waals surface area (Å²) in [5.74, 6) is 0.675. The van der Waals surface area contributed by atoms with Crippen molar-refractivity contribution >= 4 is 0 Å². The lowest BCUT2D eigenvalue weighted by molar-refractivity contribution is 0.0745. The molecular weight excluding hydrogens is 256 g/mol. The summed E-state index contributed by atoms with van der Waals surface area (Å²) in [5.41, 5.74) is 3.54. The summed E-state index contributed by atoms with van der Waals surface area (Å²) in [6, 6.07) is 0. The van der Waals surface area contributed by atoms with Crippen molar-refractivity contribution in [1.82, 2.24) is 0 Å². The van der Waals surface area contributed by atoms with E-state index >= 15 is 0 Å². The van der Waals surface area contributed by atoms with Gasteiger partial charge in [0.15, 0.2) is 0 Å². The van der Waals surface area contributed by atoms with Crippen LogP contribution in [0.1, 0.15) is 79.6 Å². The van der Waals surface area contributed by atoms with Gasteiger partial charge in [0.1, 0.15) is 0 Å². The van der Waals surface area contributed by atoms with Crippen LogP contribution in [0.3, 0.4) is 0 Å². The smallest absolute Gasteiger partial charge is 0.0831 e. The molecule has 0 spiro atoms. The Morgan fingerprint density at radius 1 is 1.43 bits per heavy atom. The first-order valence-electron chi connectivity index (χ1n) is 8.61. The maximum Gasteiger partial charge on any atom is 0.0831 e. The highest BCUT2D eigenvalue weighted by molar-refractivity contribution is 5.25. The molecule has 0 fully saturated rings. The van der Waals surface area contributed by atoms with Crippen LogP contribution in [0.4, 0.5) is 0 Å². The Kier molecular flexibility index (Phi) is 7.45. The first kappa shape index (κ1) is 18.2. The van der Waals surface area contributed by atoms with Gasteiger partial charge < -0.3 is 5.11 Å². The molecule has 1 aliphatic carbocycles. The van der Waals surface area contributed by atoms with E-state index in [2.05, 4.69) is 45.9 Å². The van der Waals surface area contributed by atoms with Crippen LogP contribution in [-0.4, -0.2) is 10.7 Å². The highest BCUT2D eigenvalue weighted by Gasteiger charge is 2.30. The molecule has 2 atom stereocenters. The van der Waals surface area contributed by atoms with Crippen molar-refractivity contribution in [1.29, 1.82) is 0 Å². The van der Waals surface area contributed by atoms with E-state index in [1.807, 2.05) is 6.92 Å². The third-order valence-electron chi connectivity index (χ3n) is 4.71. The van der Waals surface area contributed by atoms with E-state index in [0.717, 1.165) is 32.1 Å². The Bertz CT molecular complexity index is 410. The van der Waals surface area contributed by atoms with E-state index in [-0.39, 0.29) is 0 Å². The molecule has 2 unspecified atom stereocenters. The van der Waals surface area contributed by atoms with E-state index in [9.17, 15) is 5.11 Å². The second kappa shape index (κ2) is 8.58. The average molecular weight is 290 g/mol. The Morgan fingerprint density at radius 3 is 2.76 bits per heavy atom. The molecule has 0 aromatic heterocycles. The minimum absolute atomic E-state index is 0.557. The zero-order chi connectivity index (χ0) is 15.9. The summed E-state index contributed by atoms with van der Waals surface area (Å²) < 4.78 is 0. The fraction of sp³-hybridized carbons (Fsp3) is 0.700. The van der Waals surface area contributed by atoms with E-state index in [1.165, 1.54) is 29.6 Å². The van der Waals surface area contributed by atoms with Crippen molar-refractivity contribution in [2.24, 2.45) is 5.92 Å². The third kappa shape index (κ3) is 6.22. The molecule has 1 N–H and O–H groups in total. The fourth-order valence-corrected chi connectivity index (χ4v) is 3.33. The minimum Gasteiger partial charge on any atom is -0.386 e. The molecule has 1 rings (SSSR count). The summed E-state index contributed by atoms with van der Waals surface area (Å²) in [4.78, 5) is 0. The van der Waals surface area contributed by atoms with Gasteiger partial charge in [-0.2, -0.15) is 0 Å². The molecule has 21 heavy (non-hydrogen) atoms. The molecule has 0 amide bonds. The van der Waals surface area contributed by atoms with Crippen LogP contribution in [0.25, 0.3) is 0 Å². The largest absolute Gasteiger partial charge is 0.386 e. The van der Waals surface area contributed by atoms with Gasteiger partial charge in [0, 0.05) is 0 Å². The molecule has 120 valence electrons. The van der Waals surface area contributed by atoms with Crippen molar-refractivity contribution in [3.63, 3.8) is 0 Å². The maximum absolute atomic E-state index is 10.5. The summed E-state index contributed by atoms with van der Waals surface area (Å²) in [6.07, 6.45) is 14.5. The quantitative estimate of drug-likeness (QED) is 0.453. The van der Waals surface area contributed by atoms with Crippen LogP contribution in [-0.2, 0) is 0 Å². The minimum atomic E-state index is -0.557. The van der Waals surface area contributed by atoms with Gasteiger partial charge in [0.05, 0.1) is 5.60 Å². The first-order chi connectivity index (χ1) is 9.86. The molecule has 1 nitrogen and oxygen atoms in total. The lowest BCUT2D eigenvalue weighted by Gasteiger charge is -2.33. The van der Waals surface area contributed by atoms with Crippen LogP contribution < -0.4 is 0 Å². The lowest BCUT2D eigenvalue weighted by atomic mass is 9.77. The molecule has 1 aliphatic rings. The van der Waals surface area contributed by atoms with E-state index in [0.29, 0.717) is 5.92 Å². The summed E-state index contributed by atoms with van der Waals surface area (Å²) in [6.45, 7) is 10.8. The van der Waals surface area contributed by atoms with E-state index < -0.39 is 5.60 Å². The predicted octanol–water partition coefficient (Wildman–Crippen LogP) is 5.96. The normalized spacial score (nSPS) is 25.7. The van der Waals surface area contributed by atoms with Gasteiger partial charge in [-0.3, -0.25) is 0 Å². The standard InChI is InChI=1S/C20H34O/c1-6-9-16(2)10-7-11-17(3)13-14-19-18(4)12-8-15-20(19,5)21/h7,9-10,17,21H,6,8,11-15H2,1-5H3. The topological polar surface area (TPSA) is 20.2 Å². The number of hydrogen-bond acceptors (Lipinski definition) is 1. The van der Waals surface area contributed by atoms with Gasteiger partial charge >= 0.3 is 0 Å². The molecular formula is C20H34O. The maximum atomic E-state index is 10.5. The molecule has 0 aromatic rings. The Morgan fingerprint density at radius 2 is 2.14 bits per heavy atom. The van der Waals surface area contributed by atoms with Crippen LogP contribution in [0.15, 0.2) is 34.9 Å². The van der Waals surface area contributed by atoms with Crippen molar-refractivity contribution in [2.45, 2.75) is 85.2 Å². The third-order valence-corrected chi connectivity index (χ3v) is 4.71. The van der Waals surface area contributed by atoms with Crippen LogP contribution in [0.5, 0.6) is 0 Å². The highest BCUT2D eigenvalue weighted by Crippen LogP contribution is 2.36. The molecule has 0 saturated heterocycles. The van der Waals surface area contributed by atoms with Gasteiger partial charge in [0.2, 0.25) is 0 Å². The molecule has 0 heterocycles. The van der Waals surface area contributed by atoms with Gasteiger partial charge in [-0.1, -0.05) is 43.2 Å². The van der Waals surface area contributed by atoms with Crippen LogP contribution >= 0.6 is 0 Å². The van der Waals surface area contributed by atoms with E-state index in [1.54, 1.807) is 0 Å². The second-order valence-corrected chi connectivity index (χ2v) is 7.02. The molecule has 0 aliphatic heterocycles. The van der Waals surface area contributed by atoms with Crippen molar-refractivity contribution in [3.8, 4) is 0 Å². The molecule has 0 aromatic carbocycles. The van der Waals surface area contributed by atoms with Crippen molar-refractivity contribution in [3.05, 3.63) is 34.9 Å². The zero-order valence-electron chi connectivity index (χ0n) is 14.7. The summed E-state index contributed by atoms with van der Waals surface area (Å²) in [7, 11) is 0. The average Bonchev–Trinajstić information content (AvgIpc) is 2.37. The Balaban J connectivity index is 2.46. The van der Waals surface area contributed by atoms with Gasteiger partial charge in [0.25, 0.3) is 0 Å². The Labute approximate surface area is 131 Å². The lowest BCUT2D eigenvalue weighted by Crippen LogP contribution is -2.31. The zero-order valence-corrected chi connectivity index (χ0v) is 14.7. The molecule has 0 bridgehead atoms. The van der Waals surface area contributed by atoms with Crippen LogP contribution in [0, 0.1) is 5.92 Å².